The molecule has 5 heteroatoms. The molecular formula is C13H26N2O3. The van der Waals surface area contributed by atoms with E-state index in [2.05, 4.69) is 0 Å². The molecule has 1 amide bonds. The summed E-state index contributed by atoms with van der Waals surface area (Å²) >= 11 is 0. The van der Waals surface area contributed by atoms with Gasteiger partial charge in [0, 0.05) is 25.1 Å². The van der Waals surface area contributed by atoms with Crippen LogP contribution in [0, 0.1) is 5.41 Å². The molecule has 106 valence electrons. The molecule has 1 aliphatic rings. The summed E-state index contributed by atoms with van der Waals surface area (Å²) in [6.07, 6.45) is 2.24. The van der Waals surface area contributed by atoms with Crippen LogP contribution in [0.1, 0.15) is 40.0 Å². The van der Waals surface area contributed by atoms with Gasteiger partial charge in [0.15, 0.2) is 0 Å². The molecule has 1 fully saturated rings. The van der Waals surface area contributed by atoms with Gasteiger partial charge in [0.25, 0.3) is 0 Å². The lowest BCUT2D eigenvalue weighted by Crippen LogP contribution is -2.50. The van der Waals surface area contributed by atoms with Crippen molar-refractivity contribution >= 4 is 6.09 Å². The van der Waals surface area contributed by atoms with E-state index < -0.39 is 5.60 Å². The number of ether oxygens (including phenoxy) is 1. The van der Waals surface area contributed by atoms with Crippen molar-refractivity contribution in [2.24, 2.45) is 11.1 Å². The molecule has 18 heavy (non-hydrogen) atoms. The number of nitrogens with zero attached hydrogens (tertiary/aromatic N) is 1. The molecule has 1 saturated heterocycles. The first-order valence-electron chi connectivity index (χ1n) is 6.61. The minimum Gasteiger partial charge on any atom is -0.444 e. The van der Waals surface area contributed by atoms with E-state index in [1.165, 1.54) is 0 Å². The van der Waals surface area contributed by atoms with Crippen LogP contribution in [0.2, 0.25) is 0 Å². The Hall–Kier alpha value is -0.810. The Morgan fingerprint density at radius 3 is 2.67 bits per heavy atom. The van der Waals surface area contributed by atoms with Gasteiger partial charge in [-0.15, -0.1) is 0 Å². The third-order valence-electron chi connectivity index (χ3n) is 3.39. The third-order valence-corrected chi connectivity index (χ3v) is 3.39. The van der Waals surface area contributed by atoms with Crippen molar-refractivity contribution in [2.45, 2.75) is 45.6 Å². The Labute approximate surface area is 109 Å². The first-order valence-corrected chi connectivity index (χ1v) is 6.61. The van der Waals surface area contributed by atoms with E-state index in [0.29, 0.717) is 26.1 Å². The fraction of sp³-hybridized carbons (Fsp3) is 0.923. The summed E-state index contributed by atoms with van der Waals surface area (Å²) < 4.78 is 5.38. The lowest BCUT2D eigenvalue weighted by atomic mass is 9.77. The molecule has 3 N–H and O–H groups in total. The number of aliphatic hydroxyl groups is 1. The maximum absolute atomic E-state index is 12.0. The number of hydrogen-bond acceptors (Lipinski definition) is 4. The molecular weight excluding hydrogens is 232 g/mol. The van der Waals surface area contributed by atoms with Crippen molar-refractivity contribution in [1.82, 2.24) is 4.90 Å². The number of nitrogens with two attached hydrogens (primary N) is 1. The highest BCUT2D eigenvalue weighted by atomic mass is 16.6. The summed E-state index contributed by atoms with van der Waals surface area (Å²) in [5.74, 6) is 0. The zero-order valence-corrected chi connectivity index (χ0v) is 11.7. The van der Waals surface area contributed by atoms with Crippen molar-refractivity contribution in [3.63, 3.8) is 0 Å². The fourth-order valence-corrected chi connectivity index (χ4v) is 2.40. The average molecular weight is 258 g/mol. The first-order chi connectivity index (χ1) is 8.32. The predicted molar refractivity (Wildman–Crippen MR) is 70.2 cm³/mol. The van der Waals surface area contributed by atoms with Gasteiger partial charge in [0.05, 0.1) is 0 Å². The first kappa shape index (κ1) is 15.2. The zero-order chi connectivity index (χ0) is 13.8. The summed E-state index contributed by atoms with van der Waals surface area (Å²) in [5, 5.41) is 9.14. The average Bonchev–Trinajstić information content (AvgIpc) is 2.27. The van der Waals surface area contributed by atoms with Gasteiger partial charge in [-0.2, -0.15) is 0 Å². The maximum atomic E-state index is 12.0. The normalized spacial score (nSPS) is 25.1. The molecule has 0 saturated carbocycles. The van der Waals surface area contributed by atoms with Crippen molar-refractivity contribution in [2.75, 3.05) is 26.2 Å². The molecule has 0 aromatic carbocycles. The standard InChI is InChI=1S/C13H26N2O3/c1-12(2,3)18-11(17)15-7-4-5-13(9-14,10-15)6-8-16/h16H,4-10,14H2,1-3H3. The highest BCUT2D eigenvalue weighted by Gasteiger charge is 2.37. The van der Waals surface area contributed by atoms with Crippen molar-refractivity contribution in [3.8, 4) is 0 Å². The molecule has 1 aliphatic heterocycles. The monoisotopic (exact) mass is 258 g/mol. The molecule has 0 aromatic rings. The van der Waals surface area contributed by atoms with Crippen LogP contribution in [-0.4, -0.2) is 47.9 Å². The topological polar surface area (TPSA) is 75.8 Å². The van der Waals surface area contributed by atoms with E-state index >= 15 is 0 Å². The van der Waals surface area contributed by atoms with Crippen LogP contribution in [0.4, 0.5) is 4.79 Å². The van der Waals surface area contributed by atoms with Crippen LogP contribution in [0.5, 0.6) is 0 Å². The van der Waals surface area contributed by atoms with Gasteiger partial charge in [-0.25, -0.2) is 4.79 Å². The van der Waals surface area contributed by atoms with Crippen molar-refractivity contribution < 1.29 is 14.6 Å². The van der Waals surface area contributed by atoms with Gasteiger partial charge in [0.2, 0.25) is 0 Å². The summed E-state index contributed by atoms with van der Waals surface area (Å²) in [5.41, 5.74) is 5.20. The SMILES string of the molecule is CC(C)(C)OC(=O)N1CCCC(CN)(CCO)C1. The van der Waals surface area contributed by atoms with E-state index in [4.69, 9.17) is 15.6 Å². The second-order valence-electron chi connectivity index (χ2n) is 6.18. The molecule has 0 radical (unpaired) electrons. The van der Waals surface area contributed by atoms with E-state index in [-0.39, 0.29) is 18.1 Å². The molecule has 1 unspecified atom stereocenters. The number of amides is 1. The molecule has 1 rings (SSSR count). The van der Waals surface area contributed by atoms with Gasteiger partial charge in [-0.3, -0.25) is 0 Å². The zero-order valence-electron chi connectivity index (χ0n) is 11.7. The number of hydrogen-bond donors (Lipinski definition) is 2. The van der Waals surface area contributed by atoms with Crippen LogP contribution >= 0.6 is 0 Å². The third kappa shape index (κ3) is 4.14. The van der Waals surface area contributed by atoms with Crippen LogP contribution in [0.25, 0.3) is 0 Å². The molecule has 0 spiro atoms. The maximum Gasteiger partial charge on any atom is 0.410 e. The molecule has 0 bridgehead atoms. The van der Waals surface area contributed by atoms with Crippen molar-refractivity contribution in [3.05, 3.63) is 0 Å². The van der Waals surface area contributed by atoms with E-state index in [1.807, 2.05) is 20.8 Å². The van der Waals surface area contributed by atoms with Crippen molar-refractivity contribution in [1.29, 1.82) is 0 Å². The second kappa shape index (κ2) is 5.89. The summed E-state index contributed by atoms with van der Waals surface area (Å²) in [6, 6.07) is 0. The number of rotatable bonds is 3. The Bertz CT molecular complexity index is 284. The Balaban J connectivity index is 2.65. The van der Waals surface area contributed by atoms with Crippen LogP contribution in [0.15, 0.2) is 0 Å². The van der Waals surface area contributed by atoms with Gasteiger partial charge >= 0.3 is 6.09 Å². The molecule has 1 heterocycles. The van der Waals surface area contributed by atoms with Gasteiger partial charge < -0.3 is 20.5 Å². The van der Waals surface area contributed by atoms with Crippen LogP contribution in [0.3, 0.4) is 0 Å². The largest absolute Gasteiger partial charge is 0.444 e. The lowest BCUT2D eigenvalue weighted by molar-refractivity contribution is 0.00124. The lowest BCUT2D eigenvalue weighted by Gasteiger charge is -2.42. The molecule has 5 nitrogen and oxygen atoms in total. The Morgan fingerprint density at radius 1 is 1.50 bits per heavy atom. The fourth-order valence-electron chi connectivity index (χ4n) is 2.40. The van der Waals surface area contributed by atoms with Gasteiger partial charge in [-0.1, -0.05) is 0 Å². The predicted octanol–water partition coefficient (Wildman–Crippen LogP) is 1.34. The highest BCUT2D eigenvalue weighted by molar-refractivity contribution is 5.68. The van der Waals surface area contributed by atoms with Gasteiger partial charge in [-0.05, 0) is 46.6 Å². The van der Waals surface area contributed by atoms with E-state index in [1.54, 1.807) is 4.90 Å². The summed E-state index contributed by atoms with van der Waals surface area (Å²) in [4.78, 5) is 13.7. The molecule has 1 atom stereocenters. The minimum atomic E-state index is -0.475. The summed E-state index contributed by atoms with van der Waals surface area (Å²) in [6.45, 7) is 7.48. The number of carbonyl (C=O) groups excluding carboxylic acids is 1. The number of likely N-dealkylation sites (tertiary alicyclic amines) is 1. The summed E-state index contributed by atoms with van der Waals surface area (Å²) in [7, 11) is 0. The number of carbonyl (C=O) groups is 1. The quantitative estimate of drug-likeness (QED) is 0.801. The number of piperidine rings is 1. The van der Waals surface area contributed by atoms with Crippen LogP contribution < -0.4 is 5.73 Å². The van der Waals surface area contributed by atoms with Crippen LogP contribution in [-0.2, 0) is 4.74 Å². The van der Waals surface area contributed by atoms with Gasteiger partial charge in [0.1, 0.15) is 5.60 Å². The highest BCUT2D eigenvalue weighted by Crippen LogP contribution is 2.32. The smallest absolute Gasteiger partial charge is 0.410 e. The molecule has 0 aromatic heterocycles. The second-order valence-corrected chi connectivity index (χ2v) is 6.18. The number of aliphatic hydroxyl groups excluding tert-OH is 1. The van der Waals surface area contributed by atoms with E-state index in [9.17, 15) is 4.79 Å². The minimum absolute atomic E-state index is 0.110. The molecule has 0 aliphatic carbocycles. The Morgan fingerprint density at radius 2 is 2.17 bits per heavy atom. The van der Waals surface area contributed by atoms with E-state index in [0.717, 1.165) is 12.8 Å². The Kier molecular flexibility index (Phi) is 4.99.